The van der Waals surface area contributed by atoms with E-state index in [1.54, 1.807) is 0 Å². The molecule has 2 amide bonds. The van der Waals surface area contributed by atoms with Gasteiger partial charge >= 0.3 is 0 Å². The van der Waals surface area contributed by atoms with Gasteiger partial charge in [-0.15, -0.1) is 0 Å². The SMILES string of the molecule is O=C(C[C@H]1C[C@H]2CC[C@@H]1C2)NNC(=O)c1cccc([N+](=O)[O-])c1. The van der Waals surface area contributed by atoms with Crippen LogP contribution in [0.4, 0.5) is 5.69 Å². The highest BCUT2D eigenvalue weighted by Gasteiger charge is 2.40. The monoisotopic (exact) mass is 317 g/mol. The zero-order chi connectivity index (χ0) is 16.4. The van der Waals surface area contributed by atoms with Crippen LogP contribution in [0.2, 0.25) is 0 Å². The predicted octanol–water partition coefficient (Wildman–Crippen LogP) is 2.18. The summed E-state index contributed by atoms with van der Waals surface area (Å²) < 4.78 is 0. The number of nitrogens with zero attached hydrogens (tertiary/aromatic N) is 1. The van der Waals surface area contributed by atoms with E-state index < -0.39 is 10.8 Å². The minimum Gasteiger partial charge on any atom is -0.273 e. The van der Waals surface area contributed by atoms with Gasteiger partial charge in [-0.2, -0.15) is 0 Å². The summed E-state index contributed by atoms with van der Waals surface area (Å²) in [5, 5.41) is 10.7. The average Bonchev–Trinajstić information content (AvgIpc) is 3.15. The lowest BCUT2D eigenvalue weighted by molar-refractivity contribution is -0.384. The smallest absolute Gasteiger partial charge is 0.270 e. The second kappa shape index (κ2) is 6.36. The highest BCUT2D eigenvalue weighted by molar-refractivity contribution is 5.95. The van der Waals surface area contributed by atoms with E-state index in [9.17, 15) is 19.7 Å². The summed E-state index contributed by atoms with van der Waals surface area (Å²) in [6, 6.07) is 5.39. The van der Waals surface area contributed by atoms with Gasteiger partial charge in [-0.3, -0.25) is 30.6 Å². The van der Waals surface area contributed by atoms with Crippen molar-refractivity contribution in [3.63, 3.8) is 0 Å². The van der Waals surface area contributed by atoms with Crippen LogP contribution < -0.4 is 10.9 Å². The molecule has 2 fully saturated rings. The van der Waals surface area contributed by atoms with E-state index in [1.165, 1.54) is 43.5 Å². The fraction of sp³-hybridized carbons (Fsp3) is 0.500. The molecule has 0 radical (unpaired) electrons. The molecule has 7 heteroatoms. The minimum absolute atomic E-state index is 0.138. The topological polar surface area (TPSA) is 101 Å². The van der Waals surface area contributed by atoms with Gasteiger partial charge in [0.2, 0.25) is 5.91 Å². The molecule has 1 aromatic rings. The normalized spacial score (nSPS) is 25.1. The van der Waals surface area contributed by atoms with E-state index >= 15 is 0 Å². The molecule has 1 aromatic carbocycles. The Morgan fingerprint density at radius 1 is 1.22 bits per heavy atom. The van der Waals surface area contributed by atoms with Crippen molar-refractivity contribution in [2.45, 2.75) is 32.1 Å². The molecule has 3 rings (SSSR count). The third-order valence-corrected chi connectivity index (χ3v) is 4.97. The molecule has 23 heavy (non-hydrogen) atoms. The Labute approximate surface area is 133 Å². The predicted molar refractivity (Wildman–Crippen MR) is 82.3 cm³/mol. The number of hydrogen-bond donors (Lipinski definition) is 2. The Kier molecular flexibility index (Phi) is 4.27. The molecule has 2 aliphatic rings. The van der Waals surface area contributed by atoms with Crippen molar-refractivity contribution < 1.29 is 14.5 Å². The number of benzene rings is 1. The van der Waals surface area contributed by atoms with E-state index in [0.717, 1.165) is 12.3 Å². The quantitative estimate of drug-likeness (QED) is 0.656. The van der Waals surface area contributed by atoms with Gasteiger partial charge in [0, 0.05) is 24.1 Å². The number of hydrogen-bond acceptors (Lipinski definition) is 4. The Bertz CT molecular complexity index is 646. The van der Waals surface area contributed by atoms with Crippen molar-refractivity contribution in [2.24, 2.45) is 17.8 Å². The number of carbonyl (C=O) groups is 2. The number of amides is 2. The Morgan fingerprint density at radius 3 is 2.70 bits per heavy atom. The van der Waals surface area contributed by atoms with Crippen molar-refractivity contribution in [3.8, 4) is 0 Å². The molecule has 2 aliphatic carbocycles. The molecule has 2 bridgehead atoms. The van der Waals surface area contributed by atoms with Crippen LogP contribution in [0.1, 0.15) is 42.5 Å². The van der Waals surface area contributed by atoms with Crippen LogP contribution in [0.5, 0.6) is 0 Å². The molecule has 0 unspecified atom stereocenters. The van der Waals surface area contributed by atoms with Gasteiger partial charge in [0.25, 0.3) is 11.6 Å². The number of rotatable bonds is 4. The zero-order valence-corrected chi connectivity index (χ0v) is 12.7. The van der Waals surface area contributed by atoms with Gasteiger partial charge < -0.3 is 0 Å². The standard InChI is InChI=1S/C16H19N3O4/c20-15(9-13-7-10-4-5-11(13)6-10)17-18-16(21)12-2-1-3-14(8-12)19(22)23/h1-3,8,10-11,13H,4-7,9H2,(H,17,20)(H,18,21)/t10-,11+,13+/m0/s1. The van der Waals surface area contributed by atoms with Crippen LogP contribution in [0.15, 0.2) is 24.3 Å². The maximum Gasteiger partial charge on any atom is 0.270 e. The van der Waals surface area contributed by atoms with Gasteiger partial charge in [0.15, 0.2) is 0 Å². The van der Waals surface area contributed by atoms with Crippen LogP contribution in [-0.2, 0) is 4.79 Å². The van der Waals surface area contributed by atoms with Crippen LogP contribution in [0.25, 0.3) is 0 Å². The number of nitro benzene ring substituents is 1. The lowest BCUT2D eigenvalue weighted by atomic mass is 9.86. The fourth-order valence-electron chi connectivity index (χ4n) is 3.87. The third-order valence-electron chi connectivity index (χ3n) is 4.97. The van der Waals surface area contributed by atoms with E-state index in [4.69, 9.17) is 0 Å². The summed E-state index contributed by atoms with van der Waals surface area (Å²) in [6.07, 6.45) is 5.26. The molecule has 2 N–H and O–H groups in total. The van der Waals surface area contributed by atoms with E-state index in [2.05, 4.69) is 10.9 Å². The molecular formula is C16H19N3O4. The lowest BCUT2D eigenvalue weighted by Crippen LogP contribution is -2.42. The number of fused-ring (bicyclic) bond motifs is 2. The Morgan fingerprint density at radius 2 is 2.04 bits per heavy atom. The summed E-state index contributed by atoms with van der Waals surface area (Å²) in [5.41, 5.74) is 4.71. The van der Waals surface area contributed by atoms with Gasteiger partial charge in [0.05, 0.1) is 4.92 Å². The number of carbonyl (C=O) groups excluding carboxylic acids is 2. The van der Waals surface area contributed by atoms with Gasteiger partial charge in [0.1, 0.15) is 0 Å². The van der Waals surface area contributed by atoms with E-state index in [1.807, 2.05) is 0 Å². The average molecular weight is 317 g/mol. The second-order valence-electron chi connectivity index (χ2n) is 6.45. The van der Waals surface area contributed by atoms with Gasteiger partial charge in [-0.25, -0.2) is 0 Å². The summed E-state index contributed by atoms with van der Waals surface area (Å²) in [5.74, 6) is 1.08. The summed E-state index contributed by atoms with van der Waals surface area (Å²) in [7, 11) is 0. The molecule has 0 spiro atoms. The largest absolute Gasteiger partial charge is 0.273 e. The van der Waals surface area contributed by atoms with Crippen molar-refractivity contribution in [1.82, 2.24) is 10.9 Å². The zero-order valence-electron chi connectivity index (χ0n) is 12.7. The molecule has 0 aliphatic heterocycles. The van der Waals surface area contributed by atoms with Crippen molar-refractivity contribution in [3.05, 3.63) is 39.9 Å². The first-order valence-electron chi connectivity index (χ1n) is 7.86. The molecule has 122 valence electrons. The molecule has 0 heterocycles. The first-order valence-corrected chi connectivity index (χ1v) is 7.86. The molecular weight excluding hydrogens is 298 g/mol. The summed E-state index contributed by atoms with van der Waals surface area (Å²) in [4.78, 5) is 34.0. The number of nitro groups is 1. The van der Waals surface area contributed by atoms with Crippen molar-refractivity contribution in [1.29, 1.82) is 0 Å². The molecule has 2 saturated carbocycles. The maximum atomic E-state index is 12.0. The number of non-ortho nitro benzene ring substituents is 1. The first-order chi connectivity index (χ1) is 11.0. The van der Waals surface area contributed by atoms with E-state index in [0.29, 0.717) is 18.3 Å². The first kappa shape index (κ1) is 15.5. The lowest BCUT2D eigenvalue weighted by Gasteiger charge is -2.20. The summed E-state index contributed by atoms with van der Waals surface area (Å²) >= 11 is 0. The molecule has 0 aromatic heterocycles. The van der Waals surface area contributed by atoms with Gasteiger partial charge in [-0.1, -0.05) is 12.5 Å². The maximum absolute atomic E-state index is 12.0. The van der Waals surface area contributed by atoms with Crippen molar-refractivity contribution >= 4 is 17.5 Å². The van der Waals surface area contributed by atoms with Gasteiger partial charge in [-0.05, 0) is 43.1 Å². The fourth-order valence-corrected chi connectivity index (χ4v) is 3.87. The molecule has 7 nitrogen and oxygen atoms in total. The van der Waals surface area contributed by atoms with Crippen LogP contribution in [0, 0.1) is 27.9 Å². The number of nitrogens with one attached hydrogen (secondary N) is 2. The van der Waals surface area contributed by atoms with Crippen molar-refractivity contribution in [2.75, 3.05) is 0 Å². The molecule has 0 saturated heterocycles. The van der Waals surface area contributed by atoms with Crippen LogP contribution in [0.3, 0.4) is 0 Å². The third kappa shape index (κ3) is 3.49. The van der Waals surface area contributed by atoms with Crippen LogP contribution >= 0.6 is 0 Å². The Balaban J connectivity index is 1.49. The van der Waals surface area contributed by atoms with Crippen LogP contribution in [-0.4, -0.2) is 16.7 Å². The molecule has 3 atom stereocenters. The minimum atomic E-state index is -0.565. The second-order valence-corrected chi connectivity index (χ2v) is 6.45. The highest BCUT2D eigenvalue weighted by atomic mass is 16.6. The highest BCUT2D eigenvalue weighted by Crippen LogP contribution is 2.49. The summed E-state index contributed by atoms with van der Waals surface area (Å²) in [6.45, 7) is 0. The van der Waals surface area contributed by atoms with E-state index in [-0.39, 0.29) is 17.2 Å². The number of hydrazine groups is 1. The Hall–Kier alpha value is -2.44.